The van der Waals surface area contributed by atoms with Crippen molar-refractivity contribution in [3.05, 3.63) is 88.7 Å². The average molecular weight is 571 g/mol. The minimum absolute atomic E-state index is 0.0831. The number of aromatic nitrogens is 1. The fourth-order valence-corrected chi connectivity index (χ4v) is 5.14. The summed E-state index contributed by atoms with van der Waals surface area (Å²) < 4.78 is 10.6. The second kappa shape index (κ2) is 12.7. The van der Waals surface area contributed by atoms with E-state index in [-0.39, 0.29) is 29.7 Å². The maximum atomic E-state index is 13.4. The van der Waals surface area contributed by atoms with Gasteiger partial charge in [0.15, 0.2) is 11.4 Å². The van der Waals surface area contributed by atoms with Gasteiger partial charge in [0.25, 0.3) is 11.8 Å². The number of ether oxygens (including phenoxy) is 2. The summed E-state index contributed by atoms with van der Waals surface area (Å²) >= 11 is 0. The highest BCUT2D eigenvalue weighted by atomic mass is 16.6. The largest absolute Gasteiger partial charge is 0.493 e. The number of nitrogens with zero attached hydrogens (tertiary/aromatic N) is 2. The summed E-state index contributed by atoms with van der Waals surface area (Å²) in [7, 11) is 3.25. The predicted molar refractivity (Wildman–Crippen MR) is 158 cm³/mol. The first-order chi connectivity index (χ1) is 20.3. The number of pyridine rings is 1. The number of amides is 2. The van der Waals surface area contributed by atoms with Crippen molar-refractivity contribution in [1.82, 2.24) is 20.7 Å². The van der Waals surface area contributed by atoms with Gasteiger partial charge in [-0.2, -0.15) is 0 Å². The second-order valence-electron chi connectivity index (χ2n) is 11.1. The highest BCUT2D eigenvalue weighted by Crippen LogP contribution is 2.43. The lowest BCUT2D eigenvalue weighted by Gasteiger charge is -2.31. The smallest absolute Gasteiger partial charge is 0.311 e. The molecule has 2 saturated carbocycles. The molecule has 42 heavy (non-hydrogen) atoms. The van der Waals surface area contributed by atoms with E-state index >= 15 is 0 Å². The third kappa shape index (κ3) is 6.79. The summed E-state index contributed by atoms with van der Waals surface area (Å²) in [5.41, 5.74) is 7.67. The summed E-state index contributed by atoms with van der Waals surface area (Å²) in [5, 5.41) is 4.49. The summed E-state index contributed by atoms with van der Waals surface area (Å²) in [5.74, 6) is -0.286. The van der Waals surface area contributed by atoms with Gasteiger partial charge >= 0.3 is 5.97 Å². The van der Waals surface area contributed by atoms with Crippen LogP contribution in [0.5, 0.6) is 11.5 Å². The predicted octanol–water partition coefficient (Wildman–Crippen LogP) is 5.03. The molecule has 1 heterocycles. The van der Waals surface area contributed by atoms with Gasteiger partial charge in [0, 0.05) is 25.7 Å². The highest BCUT2D eigenvalue weighted by molar-refractivity contribution is 5.99. The standard InChI is InChI=1S/C33H38N4O5/c1-5-28(38)42-31-27(41-4)16-17-34-29(31)33(40)35-20(2)32(39)36-37(3)30(25-10-6-8-23(18-25)21-12-13-21)26-11-7-9-24(19-26)22-14-15-22/h6-11,16-22,30H,5,12-15H2,1-4H3,(H,35,40)(H,36,39)/t20-/m0/s1. The molecule has 0 saturated heterocycles. The molecular weight excluding hydrogens is 532 g/mol. The molecule has 5 rings (SSSR count). The zero-order chi connectivity index (χ0) is 29.8. The maximum Gasteiger partial charge on any atom is 0.311 e. The molecule has 2 amide bonds. The van der Waals surface area contributed by atoms with E-state index in [1.54, 1.807) is 18.9 Å². The van der Waals surface area contributed by atoms with E-state index < -0.39 is 23.8 Å². The molecule has 9 nitrogen and oxygen atoms in total. The molecule has 0 radical (unpaired) electrons. The van der Waals surface area contributed by atoms with Gasteiger partial charge in [0.05, 0.1) is 13.2 Å². The van der Waals surface area contributed by atoms with Gasteiger partial charge in [-0.05, 0) is 66.7 Å². The summed E-state index contributed by atoms with van der Waals surface area (Å²) in [6.07, 6.45) is 6.31. The Bertz CT molecular complexity index is 1410. The lowest BCUT2D eigenvalue weighted by Crippen LogP contribution is -2.51. The van der Waals surface area contributed by atoms with Crippen LogP contribution in [0.2, 0.25) is 0 Å². The Morgan fingerprint density at radius 1 is 0.976 bits per heavy atom. The number of esters is 1. The SMILES string of the molecule is CCC(=O)Oc1c(OC)ccnc1C(=O)N[C@@H](C)C(=O)NN(C)C(c1cccc(C2CC2)c1)c1cccc(C2CC2)c1. The molecule has 2 aliphatic carbocycles. The van der Waals surface area contributed by atoms with Crippen molar-refractivity contribution < 1.29 is 23.9 Å². The van der Waals surface area contributed by atoms with Gasteiger partial charge < -0.3 is 14.8 Å². The van der Waals surface area contributed by atoms with Crippen molar-refractivity contribution in [2.75, 3.05) is 14.2 Å². The fourth-order valence-electron chi connectivity index (χ4n) is 5.14. The minimum Gasteiger partial charge on any atom is -0.493 e. The number of methoxy groups -OCH3 is 1. The van der Waals surface area contributed by atoms with Crippen LogP contribution >= 0.6 is 0 Å². The van der Waals surface area contributed by atoms with E-state index in [0.29, 0.717) is 11.8 Å². The van der Waals surface area contributed by atoms with E-state index in [2.05, 4.69) is 64.3 Å². The number of hydrogen-bond donors (Lipinski definition) is 2. The molecule has 0 spiro atoms. The van der Waals surface area contributed by atoms with E-state index in [4.69, 9.17) is 9.47 Å². The van der Waals surface area contributed by atoms with Crippen LogP contribution in [0.1, 0.15) is 96.6 Å². The number of carbonyl (C=O) groups is 3. The van der Waals surface area contributed by atoms with Crippen LogP contribution in [0.4, 0.5) is 0 Å². The van der Waals surface area contributed by atoms with Gasteiger partial charge in [0.1, 0.15) is 6.04 Å². The normalized spacial score (nSPS) is 15.3. The topological polar surface area (TPSA) is 110 Å². The van der Waals surface area contributed by atoms with Crippen LogP contribution in [0.15, 0.2) is 60.8 Å². The maximum absolute atomic E-state index is 13.4. The van der Waals surface area contributed by atoms with Crippen molar-refractivity contribution in [2.24, 2.45) is 0 Å². The molecule has 2 aromatic carbocycles. The molecule has 2 fully saturated rings. The van der Waals surface area contributed by atoms with Crippen LogP contribution in [0.25, 0.3) is 0 Å². The highest BCUT2D eigenvalue weighted by Gasteiger charge is 2.30. The van der Waals surface area contributed by atoms with Crippen molar-refractivity contribution >= 4 is 17.8 Å². The molecule has 2 aliphatic rings. The number of benzene rings is 2. The van der Waals surface area contributed by atoms with Gasteiger partial charge in [-0.25, -0.2) is 9.99 Å². The van der Waals surface area contributed by atoms with Gasteiger partial charge in [0.2, 0.25) is 5.75 Å². The first-order valence-corrected chi connectivity index (χ1v) is 14.6. The Labute approximate surface area is 246 Å². The van der Waals surface area contributed by atoms with Gasteiger partial charge in [-0.3, -0.25) is 19.8 Å². The van der Waals surface area contributed by atoms with E-state index in [1.807, 2.05) is 7.05 Å². The Balaban J connectivity index is 1.34. The van der Waals surface area contributed by atoms with Crippen LogP contribution in [-0.2, 0) is 9.59 Å². The molecule has 0 bridgehead atoms. The van der Waals surface area contributed by atoms with E-state index in [9.17, 15) is 14.4 Å². The summed E-state index contributed by atoms with van der Waals surface area (Å²) in [4.78, 5) is 42.7. The molecule has 220 valence electrons. The number of carbonyl (C=O) groups excluding carboxylic acids is 3. The molecule has 2 N–H and O–H groups in total. The van der Waals surface area contributed by atoms with E-state index in [0.717, 1.165) is 11.1 Å². The molecule has 0 unspecified atom stereocenters. The second-order valence-corrected chi connectivity index (χ2v) is 11.1. The van der Waals surface area contributed by atoms with Crippen LogP contribution in [-0.4, -0.2) is 48.0 Å². The Hall–Kier alpha value is -4.24. The number of rotatable bonds is 12. The van der Waals surface area contributed by atoms with Crippen molar-refractivity contribution in [1.29, 1.82) is 0 Å². The Kier molecular flexibility index (Phi) is 8.87. The number of hydrogen-bond acceptors (Lipinski definition) is 7. The zero-order valence-corrected chi connectivity index (χ0v) is 24.6. The van der Waals surface area contributed by atoms with Crippen molar-refractivity contribution in [3.63, 3.8) is 0 Å². The third-order valence-corrected chi connectivity index (χ3v) is 7.77. The lowest BCUT2D eigenvalue weighted by atomic mass is 9.94. The first-order valence-electron chi connectivity index (χ1n) is 14.6. The summed E-state index contributed by atoms with van der Waals surface area (Å²) in [6, 6.07) is 17.6. The van der Waals surface area contributed by atoms with Gasteiger partial charge in [-0.15, -0.1) is 0 Å². The van der Waals surface area contributed by atoms with Crippen LogP contribution in [0, 0.1) is 0 Å². The minimum atomic E-state index is -0.918. The number of nitrogens with one attached hydrogen (secondary N) is 2. The van der Waals surface area contributed by atoms with Crippen LogP contribution < -0.4 is 20.2 Å². The van der Waals surface area contributed by atoms with Gasteiger partial charge in [-0.1, -0.05) is 55.5 Å². The molecule has 0 aliphatic heterocycles. The molecule has 1 atom stereocenters. The van der Waals surface area contributed by atoms with E-state index in [1.165, 1.54) is 56.2 Å². The lowest BCUT2D eigenvalue weighted by molar-refractivity contribution is -0.134. The molecular formula is C33H38N4O5. The number of hydrazine groups is 1. The monoisotopic (exact) mass is 570 g/mol. The van der Waals surface area contributed by atoms with Crippen LogP contribution in [0.3, 0.4) is 0 Å². The van der Waals surface area contributed by atoms with Crippen molar-refractivity contribution in [2.45, 2.75) is 69.9 Å². The average Bonchev–Trinajstić information content (AvgIpc) is 3.91. The Morgan fingerprint density at radius 2 is 1.57 bits per heavy atom. The Morgan fingerprint density at radius 3 is 2.10 bits per heavy atom. The molecule has 3 aromatic rings. The molecule has 1 aromatic heterocycles. The summed E-state index contributed by atoms with van der Waals surface area (Å²) in [6.45, 7) is 3.24. The molecule has 9 heteroatoms. The fraction of sp³-hybridized carbons (Fsp3) is 0.394. The zero-order valence-electron chi connectivity index (χ0n) is 24.6. The quantitative estimate of drug-likeness (QED) is 0.232. The first kappa shape index (κ1) is 29.3. The van der Waals surface area contributed by atoms with Crippen molar-refractivity contribution in [3.8, 4) is 11.5 Å². The third-order valence-electron chi connectivity index (χ3n) is 7.77.